The minimum absolute atomic E-state index is 0.308. The van der Waals surface area contributed by atoms with Crippen LogP contribution in [0.1, 0.15) is 27.2 Å². The zero-order valence-electron chi connectivity index (χ0n) is 8.45. The summed E-state index contributed by atoms with van der Waals surface area (Å²) in [6.45, 7) is 7.26. The Morgan fingerprint density at radius 2 is 2.08 bits per heavy atom. The van der Waals surface area contributed by atoms with E-state index in [4.69, 9.17) is 4.74 Å². The molecule has 0 saturated carbocycles. The van der Waals surface area contributed by atoms with Crippen LogP contribution in [0.25, 0.3) is 0 Å². The molecule has 0 aliphatic heterocycles. The maximum absolute atomic E-state index is 5.41. The molecule has 0 fully saturated rings. The summed E-state index contributed by atoms with van der Waals surface area (Å²) in [7, 11) is 0. The average molecular weight is 180 g/mol. The van der Waals surface area contributed by atoms with Crippen molar-refractivity contribution in [3.05, 3.63) is 18.6 Å². The Kier molecular flexibility index (Phi) is 3.23. The lowest BCUT2D eigenvalue weighted by atomic mass is 9.93. The molecule has 0 N–H and O–H groups in total. The molecule has 0 unspecified atom stereocenters. The number of hydrogen-bond donors (Lipinski definition) is 0. The monoisotopic (exact) mass is 180 g/mol. The van der Waals surface area contributed by atoms with Gasteiger partial charge in [0.25, 0.3) is 0 Å². The van der Waals surface area contributed by atoms with Gasteiger partial charge in [0.2, 0.25) is 5.88 Å². The number of aromatic nitrogens is 2. The minimum atomic E-state index is 0.308. The molecule has 0 aliphatic rings. The van der Waals surface area contributed by atoms with Gasteiger partial charge in [0.15, 0.2) is 0 Å². The van der Waals surface area contributed by atoms with Gasteiger partial charge in [0.05, 0.1) is 12.8 Å². The summed E-state index contributed by atoms with van der Waals surface area (Å²) in [6, 6.07) is 0. The molecule has 0 aliphatic carbocycles. The molecule has 0 radical (unpaired) electrons. The highest BCUT2D eigenvalue weighted by Gasteiger charge is 2.09. The number of rotatable bonds is 3. The normalized spacial score (nSPS) is 11.3. The van der Waals surface area contributed by atoms with Crippen LogP contribution in [0.5, 0.6) is 5.88 Å². The van der Waals surface area contributed by atoms with E-state index in [9.17, 15) is 0 Å². The summed E-state index contributed by atoms with van der Waals surface area (Å²) >= 11 is 0. The van der Waals surface area contributed by atoms with Crippen molar-refractivity contribution in [1.82, 2.24) is 9.97 Å². The molecule has 0 saturated heterocycles. The lowest BCUT2D eigenvalue weighted by Crippen LogP contribution is -2.11. The molecule has 1 aromatic rings. The molecule has 72 valence electrons. The van der Waals surface area contributed by atoms with Crippen molar-refractivity contribution in [2.45, 2.75) is 27.2 Å². The number of nitrogens with zero attached hydrogens (tertiary/aromatic N) is 2. The molecule has 0 atom stereocenters. The smallest absolute Gasteiger partial charge is 0.232 e. The largest absolute Gasteiger partial charge is 0.477 e. The van der Waals surface area contributed by atoms with Gasteiger partial charge < -0.3 is 4.74 Å². The van der Waals surface area contributed by atoms with Crippen LogP contribution in [-0.4, -0.2) is 16.6 Å². The summed E-state index contributed by atoms with van der Waals surface area (Å²) < 4.78 is 5.41. The van der Waals surface area contributed by atoms with Gasteiger partial charge >= 0.3 is 0 Å². The van der Waals surface area contributed by atoms with Gasteiger partial charge in [-0.05, 0) is 11.8 Å². The first kappa shape index (κ1) is 9.96. The van der Waals surface area contributed by atoms with Gasteiger partial charge in [-0.2, -0.15) is 0 Å². The maximum Gasteiger partial charge on any atom is 0.232 e. The van der Waals surface area contributed by atoms with Crippen molar-refractivity contribution >= 4 is 0 Å². The zero-order chi connectivity index (χ0) is 9.73. The fourth-order valence-corrected chi connectivity index (χ4v) is 0.822. The summed E-state index contributed by atoms with van der Waals surface area (Å²) in [5.74, 6) is 0.603. The predicted octanol–water partition coefficient (Wildman–Crippen LogP) is 2.29. The van der Waals surface area contributed by atoms with Gasteiger partial charge in [-0.1, -0.05) is 20.8 Å². The quantitative estimate of drug-likeness (QED) is 0.715. The van der Waals surface area contributed by atoms with Crippen LogP contribution in [0.2, 0.25) is 0 Å². The van der Waals surface area contributed by atoms with Gasteiger partial charge in [-0.25, -0.2) is 4.98 Å². The van der Waals surface area contributed by atoms with E-state index in [1.54, 1.807) is 18.6 Å². The molecular weight excluding hydrogens is 164 g/mol. The summed E-state index contributed by atoms with van der Waals surface area (Å²) in [5.41, 5.74) is 0.308. The summed E-state index contributed by atoms with van der Waals surface area (Å²) in [5, 5.41) is 0. The van der Waals surface area contributed by atoms with Gasteiger partial charge in [0.1, 0.15) is 0 Å². The average Bonchev–Trinajstić information content (AvgIpc) is 2.04. The molecule has 0 aromatic carbocycles. The second-order valence-corrected chi connectivity index (χ2v) is 4.20. The number of hydrogen-bond acceptors (Lipinski definition) is 3. The van der Waals surface area contributed by atoms with Crippen LogP contribution in [0.4, 0.5) is 0 Å². The molecule has 0 amide bonds. The minimum Gasteiger partial charge on any atom is -0.477 e. The first-order valence-electron chi connectivity index (χ1n) is 4.47. The lowest BCUT2D eigenvalue weighted by Gasteiger charge is -2.17. The van der Waals surface area contributed by atoms with E-state index in [2.05, 4.69) is 30.7 Å². The van der Waals surface area contributed by atoms with Crippen LogP contribution in [0.3, 0.4) is 0 Å². The van der Waals surface area contributed by atoms with Crippen molar-refractivity contribution < 1.29 is 4.74 Å². The first-order chi connectivity index (χ1) is 6.08. The van der Waals surface area contributed by atoms with Crippen molar-refractivity contribution in [1.29, 1.82) is 0 Å². The number of ether oxygens (including phenoxy) is 1. The van der Waals surface area contributed by atoms with Crippen molar-refractivity contribution in [3.8, 4) is 5.88 Å². The second kappa shape index (κ2) is 4.21. The molecule has 0 bridgehead atoms. The van der Waals surface area contributed by atoms with E-state index in [-0.39, 0.29) is 0 Å². The molecule has 3 nitrogen and oxygen atoms in total. The Labute approximate surface area is 79.2 Å². The SMILES string of the molecule is CC(C)(C)CCOc1cnccn1. The molecule has 1 aromatic heterocycles. The van der Waals surface area contributed by atoms with E-state index in [0.717, 1.165) is 6.42 Å². The second-order valence-electron chi connectivity index (χ2n) is 4.20. The summed E-state index contributed by atoms with van der Waals surface area (Å²) in [4.78, 5) is 7.93. The third-order valence-electron chi connectivity index (χ3n) is 1.64. The molecule has 13 heavy (non-hydrogen) atoms. The predicted molar refractivity (Wildman–Crippen MR) is 51.6 cm³/mol. The Hall–Kier alpha value is -1.12. The van der Waals surface area contributed by atoms with Crippen molar-refractivity contribution in [2.24, 2.45) is 5.41 Å². The zero-order valence-corrected chi connectivity index (χ0v) is 8.45. The Bertz CT molecular complexity index is 241. The molecule has 1 rings (SSSR count). The van der Waals surface area contributed by atoms with Crippen LogP contribution < -0.4 is 4.74 Å². The van der Waals surface area contributed by atoms with Gasteiger partial charge in [-0.15, -0.1) is 0 Å². The molecule has 1 heterocycles. The maximum atomic E-state index is 5.41. The fraction of sp³-hybridized carbons (Fsp3) is 0.600. The van der Waals surface area contributed by atoms with Gasteiger partial charge in [0, 0.05) is 12.4 Å². The lowest BCUT2D eigenvalue weighted by molar-refractivity contribution is 0.235. The highest BCUT2D eigenvalue weighted by atomic mass is 16.5. The van der Waals surface area contributed by atoms with Crippen molar-refractivity contribution in [3.63, 3.8) is 0 Å². The van der Waals surface area contributed by atoms with E-state index < -0.39 is 0 Å². The standard InChI is InChI=1S/C10H16N2O/c1-10(2,3)4-7-13-9-8-11-5-6-12-9/h5-6,8H,4,7H2,1-3H3. The van der Waals surface area contributed by atoms with Crippen molar-refractivity contribution in [2.75, 3.05) is 6.61 Å². The van der Waals surface area contributed by atoms with Crippen LogP contribution >= 0.6 is 0 Å². The van der Waals surface area contributed by atoms with E-state index in [1.165, 1.54) is 0 Å². The van der Waals surface area contributed by atoms with Crippen LogP contribution in [0.15, 0.2) is 18.6 Å². The summed E-state index contributed by atoms with van der Waals surface area (Å²) in [6.07, 6.45) is 5.91. The highest BCUT2D eigenvalue weighted by Crippen LogP contribution is 2.18. The topological polar surface area (TPSA) is 35.0 Å². The first-order valence-corrected chi connectivity index (χ1v) is 4.47. The molecular formula is C10H16N2O. The highest BCUT2D eigenvalue weighted by molar-refractivity contribution is 5.00. The fourth-order valence-electron chi connectivity index (χ4n) is 0.822. The van der Waals surface area contributed by atoms with E-state index >= 15 is 0 Å². The van der Waals surface area contributed by atoms with E-state index in [0.29, 0.717) is 17.9 Å². The van der Waals surface area contributed by atoms with Gasteiger partial charge in [-0.3, -0.25) is 4.98 Å². The third-order valence-corrected chi connectivity index (χ3v) is 1.64. The Balaban J connectivity index is 2.29. The molecule has 0 spiro atoms. The third kappa shape index (κ3) is 4.45. The Morgan fingerprint density at radius 1 is 1.31 bits per heavy atom. The van der Waals surface area contributed by atoms with Crippen LogP contribution in [0, 0.1) is 5.41 Å². The van der Waals surface area contributed by atoms with Crippen LogP contribution in [-0.2, 0) is 0 Å². The molecule has 3 heteroatoms. The van der Waals surface area contributed by atoms with E-state index in [1.807, 2.05) is 0 Å². The Morgan fingerprint density at radius 3 is 2.62 bits per heavy atom.